The predicted octanol–water partition coefficient (Wildman–Crippen LogP) is 4.62. The maximum Gasteiger partial charge on any atom is 0.293 e. The van der Waals surface area contributed by atoms with Gasteiger partial charge in [0.05, 0.1) is 22.4 Å². The topological polar surface area (TPSA) is 73.9 Å². The molecule has 0 radical (unpaired) electrons. The first-order chi connectivity index (χ1) is 12.7. The van der Waals surface area contributed by atoms with E-state index in [1.54, 1.807) is 0 Å². The number of aryl methyl sites for hydroxylation is 1. The zero-order valence-corrected chi connectivity index (χ0v) is 15.4. The van der Waals surface area contributed by atoms with Gasteiger partial charge >= 0.3 is 0 Å². The molecule has 0 atom stereocenters. The highest BCUT2D eigenvalue weighted by atomic mass is 79.9. The molecule has 0 fully saturated rings. The van der Waals surface area contributed by atoms with Gasteiger partial charge in [0, 0.05) is 15.4 Å². The molecule has 1 aliphatic carbocycles. The Balaban J connectivity index is 1.69. The third-order valence-corrected chi connectivity index (χ3v) is 5.31. The van der Waals surface area contributed by atoms with Crippen molar-refractivity contribution in [2.24, 2.45) is 4.99 Å². The minimum atomic E-state index is -0.268. The molecule has 0 saturated carbocycles. The van der Waals surface area contributed by atoms with E-state index in [0.717, 1.165) is 40.7 Å². The van der Waals surface area contributed by atoms with Crippen LogP contribution in [0, 0.1) is 0 Å². The van der Waals surface area contributed by atoms with E-state index in [2.05, 4.69) is 54.1 Å². The number of para-hydroxylation sites is 1. The van der Waals surface area contributed by atoms with Crippen LogP contribution in [0.25, 0.3) is 21.9 Å². The minimum absolute atomic E-state index is 0.206. The lowest BCUT2D eigenvalue weighted by atomic mass is 9.94. The van der Waals surface area contributed by atoms with E-state index in [4.69, 9.17) is 0 Å². The number of hydrogen-bond donors (Lipinski definition) is 2. The molecule has 0 bridgehead atoms. The number of H-pyrrole nitrogens is 2. The fourth-order valence-corrected chi connectivity index (χ4v) is 3.97. The zero-order valence-electron chi connectivity index (χ0n) is 13.8. The number of fused-ring (bicyclic) bond motifs is 4. The van der Waals surface area contributed by atoms with Crippen molar-refractivity contribution in [2.45, 2.75) is 19.3 Å². The Morgan fingerprint density at radius 2 is 1.92 bits per heavy atom. The fourth-order valence-electron chi connectivity index (χ4n) is 3.63. The van der Waals surface area contributed by atoms with E-state index < -0.39 is 0 Å². The van der Waals surface area contributed by atoms with Gasteiger partial charge in [0.2, 0.25) is 5.82 Å². The van der Waals surface area contributed by atoms with Crippen molar-refractivity contribution in [1.29, 1.82) is 0 Å². The average molecular weight is 407 g/mol. The summed E-state index contributed by atoms with van der Waals surface area (Å²) >= 11 is 3.44. The first-order valence-electron chi connectivity index (χ1n) is 8.56. The molecule has 5 rings (SSSR count). The van der Waals surface area contributed by atoms with Gasteiger partial charge in [-0.05, 0) is 49.1 Å². The summed E-state index contributed by atoms with van der Waals surface area (Å²) in [5, 5.41) is 1.24. The van der Waals surface area contributed by atoms with E-state index >= 15 is 0 Å². The molecule has 2 aromatic heterocycles. The summed E-state index contributed by atoms with van der Waals surface area (Å²) in [4.78, 5) is 27.9. The second-order valence-electron chi connectivity index (χ2n) is 6.49. The molecule has 128 valence electrons. The van der Waals surface area contributed by atoms with Gasteiger partial charge in [-0.15, -0.1) is 0 Å². The van der Waals surface area contributed by atoms with Crippen LogP contribution in [0.1, 0.15) is 24.1 Å². The van der Waals surface area contributed by atoms with Crippen molar-refractivity contribution in [1.82, 2.24) is 15.0 Å². The zero-order chi connectivity index (χ0) is 17.7. The number of halogens is 1. The number of hydrogen-bond acceptors (Lipinski definition) is 3. The van der Waals surface area contributed by atoms with Crippen molar-refractivity contribution in [2.75, 3.05) is 0 Å². The molecule has 0 amide bonds. The third-order valence-electron chi connectivity index (χ3n) is 4.82. The number of aliphatic imine (C=N–C) groups is 1. The summed E-state index contributed by atoms with van der Waals surface area (Å²) in [5.74, 6) is 0.206. The van der Waals surface area contributed by atoms with Crippen LogP contribution < -0.4 is 5.56 Å². The smallest absolute Gasteiger partial charge is 0.293 e. The lowest BCUT2D eigenvalue weighted by Crippen LogP contribution is -2.14. The molecule has 2 N–H and O–H groups in total. The lowest BCUT2D eigenvalue weighted by Gasteiger charge is -2.14. The molecule has 6 heteroatoms. The van der Waals surface area contributed by atoms with Gasteiger partial charge < -0.3 is 9.97 Å². The van der Waals surface area contributed by atoms with Crippen LogP contribution in [0.5, 0.6) is 0 Å². The van der Waals surface area contributed by atoms with Crippen LogP contribution in [0.3, 0.4) is 0 Å². The van der Waals surface area contributed by atoms with Gasteiger partial charge in [-0.1, -0.05) is 34.1 Å². The van der Waals surface area contributed by atoms with Gasteiger partial charge in [-0.2, -0.15) is 0 Å². The Morgan fingerprint density at radius 1 is 1.04 bits per heavy atom. The number of aromatic nitrogens is 3. The van der Waals surface area contributed by atoms with Crippen LogP contribution in [0.4, 0.5) is 5.82 Å². The average Bonchev–Trinajstić information content (AvgIpc) is 3.02. The summed E-state index contributed by atoms with van der Waals surface area (Å²) in [5.41, 5.74) is 5.48. The maximum absolute atomic E-state index is 12.4. The van der Waals surface area contributed by atoms with E-state index in [1.807, 2.05) is 24.3 Å². The van der Waals surface area contributed by atoms with Gasteiger partial charge in [0.25, 0.3) is 5.56 Å². The maximum atomic E-state index is 12.4. The predicted molar refractivity (Wildman–Crippen MR) is 107 cm³/mol. The van der Waals surface area contributed by atoms with Gasteiger partial charge in [-0.3, -0.25) is 4.79 Å². The number of nitrogens with zero attached hydrogens (tertiary/aromatic N) is 2. The van der Waals surface area contributed by atoms with Crippen molar-refractivity contribution in [3.05, 3.63) is 68.5 Å². The van der Waals surface area contributed by atoms with Gasteiger partial charge in [0.15, 0.2) is 0 Å². The molecule has 1 aliphatic rings. The van der Waals surface area contributed by atoms with Crippen molar-refractivity contribution >= 4 is 49.4 Å². The van der Waals surface area contributed by atoms with Crippen LogP contribution >= 0.6 is 15.9 Å². The van der Waals surface area contributed by atoms with Gasteiger partial charge in [0.1, 0.15) is 0 Å². The quantitative estimate of drug-likeness (QED) is 0.483. The molecule has 0 saturated heterocycles. The highest BCUT2D eigenvalue weighted by Gasteiger charge is 2.21. The molecule has 0 aliphatic heterocycles. The number of rotatable bonds is 1. The first-order valence-corrected chi connectivity index (χ1v) is 9.35. The normalized spacial score (nSPS) is 15.7. The first kappa shape index (κ1) is 15.5. The molecule has 4 aromatic rings. The van der Waals surface area contributed by atoms with Crippen molar-refractivity contribution in [3.63, 3.8) is 0 Å². The Labute approximate surface area is 157 Å². The summed E-state index contributed by atoms with van der Waals surface area (Å²) in [6.07, 6.45) is 2.87. The van der Waals surface area contributed by atoms with Crippen LogP contribution in [-0.4, -0.2) is 20.7 Å². The summed E-state index contributed by atoms with van der Waals surface area (Å²) in [6, 6.07) is 13.9. The van der Waals surface area contributed by atoms with Crippen molar-refractivity contribution in [3.8, 4) is 0 Å². The SMILES string of the molecule is O=c1[nH]c2ccc(Br)cc2nc1N=C1CCCc2c1[nH]c1ccccc21. The Morgan fingerprint density at radius 3 is 2.85 bits per heavy atom. The second kappa shape index (κ2) is 5.92. The van der Waals surface area contributed by atoms with Crippen LogP contribution in [0.15, 0.2) is 56.7 Å². The molecule has 0 unspecified atom stereocenters. The molecule has 26 heavy (non-hydrogen) atoms. The number of aromatic amines is 2. The summed E-state index contributed by atoms with van der Waals surface area (Å²) in [6.45, 7) is 0. The van der Waals surface area contributed by atoms with E-state index in [0.29, 0.717) is 11.0 Å². The van der Waals surface area contributed by atoms with Crippen LogP contribution in [0.2, 0.25) is 0 Å². The fraction of sp³-hybridized carbons (Fsp3) is 0.150. The van der Waals surface area contributed by atoms with Gasteiger partial charge in [-0.25, -0.2) is 9.98 Å². The van der Waals surface area contributed by atoms with E-state index in [1.165, 1.54) is 10.9 Å². The number of nitrogens with one attached hydrogen (secondary N) is 2. The van der Waals surface area contributed by atoms with E-state index in [-0.39, 0.29) is 11.4 Å². The van der Waals surface area contributed by atoms with Crippen molar-refractivity contribution < 1.29 is 0 Å². The molecule has 5 nitrogen and oxygen atoms in total. The standard InChI is InChI=1S/C20H15BrN4O/c21-11-8-9-15-17(10-11)24-19(20(26)25-15)23-16-7-3-5-13-12-4-1-2-6-14(12)22-18(13)16/h1-2,4,6,8-10,22H,3,5,7H2,(H,25,26). The number of benzene rings is 2. The molecule has 2 aromatic carbocycles. The second-order valence-corrected chi connectivity index (χ2v) is 7.40. The lowest BCUT2D eigenvalue weighted by molar-refractivity contribution is 0.840. The third kappa shape index (κ3) is 2.49. The molecular formula is C20H15BrN4O. The highest BCUT2D eigenvalue weighted by molar-refractivity contribution is 9.10. The molecule has 0 spiro atoms. The largest absolute Gasteiger partial charge is 0.353 e. The summed E-state index contributed by atoms with van der Waals surface area (Å²) < 4.78 is 0.915. The van der Waals surface area contributed by atoms with E-state index in [9.17, 15) is 4.79 Å². The minimum Gasteiger partial charge on any atom is -0.353 e. The van der Waals surface area contributed by atoms with Crippen LogP contribution in [-0.2, 0) is 6.42 Å². The summed E-state index contributed by atoms with van der Waals surface area (Å²) in [7, 11) is 0. The Kier molecular flexibility index (Phi) is 3.53. The Hall–Kier alpha value is -2.73. The monoisotopic (exact) mass is 406 g/mol. The molecule has 2 heterocycles. The Bertz CT molecular complexity index is 1250. The highest BCUT2D eigenvalue weighted by Crippen LogP contribution is 2.30. The molecular weight excluding hydrogens is 392 g/mol.